The van der Waals surface area contributed by atoms with Crippen LogP contribution in [0.15, 0.2) is 34.3 Å². The fourth-order valence-corrected chi connectivity index (χ4v) is 3.71. The maximum atomic E-state index is 12.3. The van der Waals surface area contributed by atoms with Crippen LogP contribution in [-0.2, 0) is 17.1 Å². The molecule has 24 heavy (non-hydrogen) atoms. The molecule has 0 fully saturated rings. The number of nitrogens with zero attached hydrogens (tertiary/aromatic N) is 5. The first kappa shape index (κ1) is 18.4. The van der Waals surface area contributed by atoms with Gasteiger partial charge in [-0.25, -0.2) is 17.8 Å². The van der Waals surface area contributed by atoms with Gasteiger partial charge in [-0.05, 0) is 28.6 Å². The van der Waals surface area contributed by atoms with Crippen LogP contribution in [0.4, 0.5) is 0 Å². The SMILES string of the molecule is CN(C)C(=O)c1cccc(S(=O)(=O)NCCSc2nnnn2C)c1. The summed E-state index contributed by atoms with van der Waals surface area (Å²) in [5.41, 5.74) is 0.322. The van der Waals surface area contributed by atoms with Gasteiger partial charge < -0.3 is 4.90 Å². The zero-order chi connectivity index (χ0) is 17.7. The summed E-state index contributed by atoms with van der Waals surface area (Å²) in [6.07, 6.45) is 0. The summed E-state index contributed by atoms with van der Waals surface area (Å²) in [6, 6.07) is 5.95. The van der Waals surface area contributed by atoms with Crippen LogP contribution in [0.25, 0.3) is 0 Å². The zero-order valence-electron chi connectivity index (χ0n) is 13.5. The third kappa shape index (κ3) is 4.52. The lowest BCUT2D eigenvalue weighted by molar-refractivity contribution is 0.0827. The average molecular weight is 370 g/mol. The van der Waals surface area contributed by atoms with Gasteiger partial charge in [0.25, 0.3) is 5.91 Å². The van der Waals surface area contributed by atoms with E-state index in [-0.39, 0.29) is 17.3 Å². The number of aryl methyl sites for hydroxylation is 1. The number of amides is 1. The van der Waals surface area contributed by atoms with Crippen LogP contribution in [-0.4, -0.2) is 65.8 Å². The molecule has 9 nitrogen and oxygen atoms in total. The molecule has 0 aliphatic heterocycles. The molecule has 0 unspecified atom stereocenters. The van der Waals surface area contributed by atoms with Crippen molar-refractivity contribution in [3.63, 3.8) is 0 Å². The van der Waals surface area contributed by atoms with Crippen LogP contribution in [0.3, 0.4) is 0 Å². The molecule has 1 amide bonds. The molecule has 1 aromatic heterocycles. The van der Waals surface area contributed by atoms with Crippen LogP contribution in [0.1, 0.15) is 10.4 Å². The molecule has 0 radical (unpaired) electrons. The quantitative estimate of drug-likeness (QED) is 0.539. The fourth-order valence-electron chi connectivity index (χ4n) is 1.80. The van der Waals surface area contributed by atoms with E-state index in [1.807, 2.05) is 0 Å². The van der Waals surface area contributed by atoms with Crippen LogP contribution in [0, 0.1) is 0 Å². The number of sulfonamides is 1. The number of aromatic nitrogens is 4. The third-order valence-corrected chi connectivity index (χ3v) is 5.48. The molecule has 1 N–H and O–H groups in total. The summed E-state index contributed by atoms with van der Waals surface area (Å²) < 4.78 is 28.6. The van der Waals surface area contributed by atoms with E-state index >= 15 is 0 Å². The highest BCUT2D eigenvalue weighted by atomic mass is 32.2. The lowest BCUT2D eigenvalue weighted by atomic mass is 10.2. The molecule has 0 atom stereocenters. The smallest absolute Gasteiger partial charge is 0.253 e. The van der Waals surface area contributed by atoms with Crippen molar-refractivity contribution in [2.75, 3.05) is 26.4 Å². The zero-order valence-corrected chi connectivity index (χ0v) is 15.1. The van der Waals surface area contributed by atoms with Gasteiger partial charge in [-0.3, -0.25) is 4.79 Å². The number of benzene rings is 1. The molecule has 130 valence electrons. The van der Waals surface area contributed by atoms with Crippen LogP contribution in [0.5, 0.6) is 0 Å². The molecule has 11 heteroatoms. The lowest BCUT2D eigenvalue weighted by Gasteiger charge is -2.11. The molecule has 0 spiro atoms. The standard InChI is InChI=1S/C13H18N6O3S2/c1-18(2)12(20)10-5-4-6-11(9-10)24(21,22)14-7-8-23-13-15-16-17-19(13)3/h4-6,9,14H,7-8H2,1-3H3. The third-order valence-electron chi connectivity index (χ3n) is 3.00. The molecule has 1 aromatic carbocycles. The first-order chi connectivity index (χ1) is 11.3. The minimum Gasteiger partial charge on any atom is -0.345 e. The predicted octanol–water partition coefficient (Wildman–Crippen LogP) is -0.0175. The van der Waals surface area contributed by atoms with Gasteiger partial charge >= 0.3 is 0 Å². The van der Waals surface area contributed by atoms with Crippen molar-refractivity contribution >= 4 is 27.7 Å². The van der Waals surface area contributed by atoms with Crippen molar-refractivity contribution in [2.24, 2.45) is 7.05 Å². The Morgan fingerprint density at radius 2 is 2.12 bits per heavy atom. The van der Waals surface area contributed by atoms with Crippen LogP contribution < -0.4 is 4.72 Å². The summed E-state index contributed by atoms with van der Waals surface area (Å²) >= 11 is 1.34. The Morgan fingerprint density at radius 1 is 1.38 bits per heavy atom. The highest BCUT2D eigenvalue weighted by Gasteiger charge is 2.16. The van der Waals surface area contributed by atoms with Gasteiger partial charge in [-0.15, -0.1) is 5.10 Å². The Kier molecular flexibility index (Phi) is 5.91. The summed E-state index contributed by atoms with van der Waals surface area (Å²) in [5.74, 6) is 0.224. The number of rotatable bonds is 7. The molecule has 1 heterocycles. The predicted molar refractivity (Wildman–Crippen MR) is 89.2 cm³/mol. The first-order valence-electron chi connectivity index (χ1n) is 6.98. The maximum absolute atomic E-state index is 12.3. The van der Waals surface area contributed by atoms with E-state index in [9.17, 15) is 13.2 Å². The van der Waals surface area contributed by atoms with Gasteiger partial charge in [0.1, 0.15) is 0 Å². The average Bonchev–Trinajstić information content (AvgIpc) is 2.96. The Bertz CT molecular complexity index is 819. The normalized spacial score (nSPS) is 11.5. The van der Waals surface area contributed by atoms with Crippen molar-refractivity contribution < 1.29 is 13.2 Å². The molecular weight excluding hydrogens is 352 g/mol. The molecule has 0 bridgehead atoms. The van der Waals surface area contributed by atoms with E-state index in [2.05, 4.69) is 20.2 Å². The monoisotopic (exact) mass is 370 g/mol. The first-order valence-corrected chi connectivity index (χ1v) is 9.44. The van der Waals surface area contributed by atoms with E-state index in [1.165, 1.54) is 33.5 Å². The van der Waals surface area contributed by atoms with Crippen molar-refractivity contribution in [2.45, 2.75) is 10.1 Å². The number of thioether (sulfide) groups is 1. The topological polar surface area (TPSA) is 110 Å². The number of hydrogen-bond donors (Lipinski definition) is 1. The minimum absolute atomic E-state index is 0.0560. The Balaban J connectivity index is 1.98. The van der Waals surface area contributed by atoms with E-state index in [4.69, 9.17) is 0 Å². The maximum Gasteiger partial charge on any atom is 0.253 e. The van der Waals surface area contributed by atoms with Gasteiger partial charge in [0.15, 0.2) is 0 Å². The number of carbonyl (C=O) groups is 1. The molecule has 0 saturated carbocycles. The van der Waals surface area contributed by atoms with Crippen LogP contribution in [0.2, 0.25) is 0 Å². The summed E-state index contributed by atoms with van der Waals surface area (Å²) in [7, 11) is 1.25. The van der Waals surface area contributed by atoms with E-state index in [1.54, 1.807) is 33.3 Å². The van der Waals surface area contributed by atoms with Gasteiger partial charge in [-0.2, -0.15) is 0 Å². The van der Waals surface area contributed by atoms with Gasteiger partial charge in [0.2, 0.25) is 15.2 Å². The second-order valence-corrected chi connectivity index (χ2v) is 7.89. The summed E-state index contributed by atoms with van der Waals surface area (Å²) in [4.78, 5) is 13.4. The van der Waals surface area contributed by atoms with Crippen molar-refractivity contribution in [1.82, 2.24) is 29.8 Å². The minimum atomic E-state index is -3.69. The Morgan fingerprint density at radius 3 is 2.75 bits per heavy atom. The van der Waals surface area contributed by atoms with Gasteiger partial charge in [0, 0.05) is 39.0 Å². The van der Waals surface area contributed by atoms with Crippen molar-refractivity contribution in [3.05, 3.63) is 29.8 Å². The number of tetrazole rings is 1. The van der Waals surface area contributed by atoms with E-state index in [0.29, 0.717) is 16.5 Å². The second kappa shape index (κ2) is 7.73. The molecule has 2 rings (SSSR count). The lowest BCUT2D eigenvalue weighted by Crippen LogP contribution is -2.27. The van der Waals surface area contributed by atoms with E-state index in [0.717, 1.165) is 0 Å². The largest absolute Gasteiger partial charge is 0.345 e. The Hall–Kier alpha value is -1.98. The number of nitrogens with one attached hydrogen (secondary N) is 1. The van der Waals surface area contributed by atoms with Gasteiger partial charge in [0.05, 0.1) is 4.90 Å². The number of carbonyl (C=O) groups excluding carboxylic acids is 1. The van der Waals surface area contributed by atoms with Crippen LogP contribution >= 0.6 is 11.8 Å². The van der Waals surface area contributed by atoms with E-state index < -0.39 is 10.0 Å². The molecular formula is C13H18N6O3S2. The van der Waals surface area contributed by atoms with Gasteiger partial charge in [-0.1, -0.05) is 17.8 Å². The molecule has 0 aliphatic rings. The molecule has 2 aromatic rings. The molecule has 0 saturated heterocycles. The van der Waals surface area contributed by atoms with Crippen molar-refractivity contribution in [3.8, 4) is 0 Å². The second-order valence-electron chi connectivity index (χ2n) is 5.06. The highest BCUT2D eigenvalue weighted by Crippen LogP contribution is 2.14. The Labute approximate surface area is 144 Å². The molecule has 0 aliphatic carbocycles. The highest BCUT2D eigenvalue weighted by molar-refractivity contribution is 7.99. The van der Waals surface area contributed by atoms with Crippen molar-refractivity contribution in [1.29, 1.82) is 0 Å². The summed E-state index contributed by atoms with van der Waals surface area (Å²) in [5, 5.41) is 11.6. The number of hydrogen-bond acceptors (Lipinski definition) is 7. The summed E-state index contributed by atoms with van der Waals surface area (Å²) in [6.45, 7) is 0.214. The fraction of sp³-hybridized carbons (Fsp3) is 0.385.